The maximum absolute atomic E-state index is 14.1. The highest BCUT2D eigenvalue weighted by molar-refractivity contribution is 5.55. The molecule has 5 heteroatoms. The van der Waals surface area contributed by atoms with Crippen LogP contribution in [0.5, 0.6) is 5.75 Å². The molecule has 0 aliphatic heterocycles. The van der Waals surface area contributed by atoms with Crippen molar-refractivity contribution in [1.29, 1.82) is 0 Å². The van der Waals surface area contributed by atoms with Gasteiger partial charge in [-0.1, -0.05) is 84.5 Å². The Morgan fingerprint density at radius 2 is 1.29 bits per heavy atom. The van der Waals surface area contributed by atoms with E-state index in [1.165, 1.54) is 63.4 Å². The van der Waals surface area contributed by atoms with Crippen molar-refractivity contribution in [3.05, 3.63) is 42.2 Å². The van der Waals surface area contributed by atoms with E-state index in [0.29, 0.717) is 18.0 Å². The van der Waals surface area contributed by atoms with E-state index in [0.717, 1.165) is 31.2 Å². The van der Waals surface area contributed by atoms with Crippen molar-refractivity contribution in [1.82, 2.24) is 9.97 Å². The lowest BCUT2D eigenvalue weighted by Gasteiger charge is -2.13. The van der Waals surface area contributed by atoms with Crippen molar-refractivity contribution < 1.29 is 13.5 Å². The van der Waals surface area contributed by atoms with Crippen LogP contribution in [0, 0.1) is 0 Å². The Kier molecular flexibility index (Phi) is 15.2. The Labute approximate surface area is 212 Å². The normalized spacial score (nSPS) is 13.0. The molecule has 0 saturated carbocycles. The molecule has 0 bridgehead atoms. The molecule has 0 radical (unpaired) electrons. The Morgan fingerprint density at radius 3 is 1.91 bits per heavy atom. The van der Waals surface area contributed by atoms with E-state index in [9.17, 15) is 8.78 Å². The van der Waals surface area contributed by atoms with E-state index in [-0.39, 0.29) is 13.0 Å². The van der Waals surface area contributed by atoms with Gasteiger partial charge in [0.15, 0.2) is 5.82 Å². The highest BCUT2D eigenvalue weighted by Crippen LogP contribution is 2.21. The minimum absolute atomic E-state index is 0.0962. The first-order valence-corrected chi connectivity index (χ1v) is 13.9. The molecule has 2 atom stereocenters. The summed E-state index contributed by atoms with van der Waals surface area (Å²) in [6, 6.07) is 7.33. The van der Waals surface area contributed by atoms with Gasteiger partial charge in [-0.3, -0.25) is 0 Å². The SMILES string of the molecule is CCCCCCCCCCCc1cnc(-c2ccc(OCC(F)CC(F)CCCCC)cc2)nc1. The predicted molar refractivity (Wildman–Crippen MR) is 142 cm³/mol. The number of hydrogen-bond acceptors (Lipinski definition) is 3. The van der Waals surface area contributed by atoms with Crippen LogP contribution >= 0.6 is 0 Å². The molecule has 1 aromatic carbocycles. The van der Waals surface area contributed by atoms with Gasteiger partial charge in [-0.05, 0) is 49.1 Å². The van der Waals surface area contributed by atoms with Crippen molar-refractivity contribution in [3.63, 3.8) is 0 Å². The molecule has 35 heavy (non-hydrogen) atoms. The van der Waals surface area contributed by atoms with E-state index in [2.05, 4.69) is 23.8 Å². The molecule has 0 aliphatic carbocycles. The van der Waals surface area contributed by atoms with E-state index in [1.807, 2.05) is 24.5 Å². The summed E-state index contributed by atoms with van der Waals surface area (Å²) in [5.41, 5.74) is 2.06. The number of aryl methyl sites for hydroxylation is 1. The Hall–Kier alpha value is -2.04. The van der Waals surface area contributed by atoms with Gasteiger partial charge in [0.1, 0.15) is 24.7 Å². The smallest absolute Gasteiger partial charge is 0.159 e. The third kappa shape index (κ3) is 13.0. The first-order chi connectivity index (χ1) is 17.1. The van der Waals surface area contributed by atoms with Crippen LogP contribution in [0.25, 0.3) is 11.4 Å². The molecule has 1 aromatic heterocycles. The Balaban J connectivity index is 1.65. The molecule has 2 aromatic rings. The summed E-state index contributed by atoms with van der Waals surface area (Å²) < 4.78 is 33.4. The molecular weight excluding hydrogens is 442 g/mol. The summed E-state index contributed by atoms with van der Waals surface area (Å²) in [6.07, 6.45) is 17.6. The molecule has 2 unspecified atom stereocenters. The van der Waals surface area contributed by atoms with Crippen molar-refractivity contribution >= 4 is 0 Å². The second kappa shape index (κ2) is 18.3. The van der Waals surface area contributed by atoms with E-state index < -0.39 is 12.3 Å². The van der Waals surface area contributed by atoms with Crippen LogP contribution in [0.1, 0.15) is 109 Å². The average Bonchev–Trinajstić information content (AvgIpc) is 2.87. The maximum atomic E-state index is 14.1. The van der Waals surface area contributed by atoms with Crippen molar-refractivity contribution in [2.75, 3.05) is 6.61 Å². The number of halogens is 2. The van der Waals surface area contributed by atoms with Crippen molar-refractivity contribution in [2.45, 2.75) is 123 Å². The fourth-order valence-corrected chi connectivity index (χ4v) is 4.24. The largest absolute Gasteiger partial charge is 0.491 e. The lowest BCUT2D eigenvalue weighted by atomic mass is 10.1. The van der Waals surface area contributed by atoms with Crippen LogP contribution in [-0.2, 0) is 6.42 Å². The van der Waals surface area contributed by atoms with Gasteiger partial charge in [-0.25, -0.2) is 18.7 Å². The summed E-state index contributed by atoms with van der Waals surface area (Å²) in [7, 11) is 0. The first-order valence-electron chi connectivity index (χ1n) is 13.9. The van der Waals surface area contributed by atoms with E-state index >= 15 is 0 Å². The lowest BCUT2D eigenvalue weighted by Crippen LogP contribution is -2.18. The minimum atomic E-state index is -1.30. The van der Waals surface area contributed by atoms with Crippen LogP contribution in [0.3, 0.4) is 0 Å². The van der Waals surface area contributed by atoms with Gasteiger partial charge in [0.05, 0.1) is 0 Å². The highest BCUT2D eigenvalue weighted by atomic mass is 19.1. The molecular formula is C30H46F2N2O. The van der Waals surface area contributed by atoms with Crippen LogP contribution < -0.4 is 4.74 Å². The fourth-order valence-electron chi connectivity index (χ4n) is 4.24. The van der Waals surface area contributed by atoms with Gasteiger partial charge in [-0.15, -0.1) is 0 Å². The second-order valence-electron chi connectivity index (χ2n) is 9.75. The molecule has 0 aliphatic rings. The number of ether oxygens (including phenoxy) is 1. The number of unbranched alkanes of at least 4 members (excludes halogenated alkanes) is 10. The summed E-state index contributed by atoms with van der Waals surface area (Å²) in [5.74, 6) is 1.24. The van der Waals surface area contributed by atoms with Gasteiger partial charge < -0.3 is 4.74 Å². The summed E-state index contributed by atoms with van der Waals surface area (Å²) in [5, 5.41) is 0. The zero-order chi connectivity index (χ0) is 25.1. The van der Waals surface area contributed by atoms with Gasteiger partial charge in [0.2, 0.25) is 0 Å². The third-order valence-corrected chi connectivity index (χ3v) is 6.45. The van der Waals surface area contributed by atoms with Crippen molar-refractivity contribution in [3.8, 4) is 17.1 Å². The minimum Gasteiger partial charge on any atom is -0.491 e. The maximum Gasteiger partial charge on any atom is 0.159 e. The molecule has 2 rings (SSSR count). The summed E-state index contributed by atoms with van der Waals surface area (Å²) in [6.45, 7) is 4.20. The predicted octanol–water partition coefficient (Wildman–Crippen LogP) is 9.24. The fraction of sp³-hybridized carbons (Fsp3) is 0.667. The van der Waals surface area contributed by atoms with Crippen LogP contribution in [0.4, 0.5) is 8.78 Å². The third-order valence-electron chi connectivity index (χ3n) is 6.45. The molecule has 0 amide bonds. The average molecular weight is 489 g/mol. The molecule has 0 fully saturated rings. The molecule has 0 saturated heterocycles. The van der Waals surface area contributed by atoms with Crippen LogP contribution in [-0.4, -0.2) is 28.9 Å². The molecule has 1 heterocycles. The summed E-state index contributed by atoms with van der Waals surface area (Å²) >= 11 is 0. The Morgan fingerprint density at radius 1 is 0.714 bits per heavy atom. The molecule has 0 spiro atoms. The molecule has 196 valence electrons. The highest BCUT2D eigenvalue weighted by Gasteiger charge is 2.16. The Bertz CT molecular complexity index is 767. The zero-order valence-electron chi connectivity index (χ0n) is 22.0. The van der Waals surface area contributed by atoms with E-state index in [4.69, 9.17) is 4.74 Å². The first kappa shape index (κ1) is 29.2. The zero-order valence-corrected chi connectivity index (χ0v) is 22.0. The number of benzene rings is 1. The molecule has 3 nitrogen and oxygen atoms in total. The van der Waals surface area contributed by atoms with Crippen molar-refractivity contribution in [2.24, 2.45) is 0 Å². The van der Waals surface area contributed by atoms with E-state index in [1.54, 1.807) is 12.1 Å². The number of rotatable bonds is 20. The topological polar surface area (TPSA) is 35.0 Å². The van der Waals surface area contributed by atoms with Crippen LogP contribution in [0.2, 0.25) is 0 Å². The summed E-state index contributed by atoms with van der Waals surface area (Å²) in [4.78, 5) is 9.04. The van der Waals surface area contributed by atoms with Gasteiger partial charge in [-0.2, -0.15) is 0 Å². The number of alkyl halides is 2. The number of hydrogen-bond donors (Lipinski definition) is 0. The monoisotopic (exact) mass is 488 g/mol. The quantitative estimate of drug-likeness (QED) is 0.174. The molecule has 0 N–H and O–H groups in total. The van der Waals surface area contributed by atoms with Gasteiger partial charge in [0, 0.05) is 24.4 Å². The standard InChI is InChI=1S/C30H46F2N2O/c1-3-5-7-8-9-10-11-12-14-15-25-22-33-30(34-23-25)26-17-19-29(20-18-26)35-24-28(32)21-27(31)16-13-6-4-2/h17-20,22-23,27-28H,3-16,21,24H2,1-2H3. The number of nitrogens with zero attached hydrogens (tertiary/aromatic N) is 2. The van der Waals surface area contributed by atoms with Gasteiger partial charge in [0.25, 0.3) is 0 Å². The van der Waals surface area contributed by atoms with Crippen LogP contribution in [0.15, 0.2) is 36.7 Å². The number of aromatic nitrogens is 2. The van der Waals surface area contributed by atoms with Gasteiger partial charge >= 0.3 is 0 Å². The second-order valence-corrected chi connectivity index (χ2v) is 9.75. The lowest BCUT2D eigenvalue weighted by molar-refractivity contribution is 0.146.